The van der Waals surface area contributed by atoms with Crippen molar-refractivity contribution in [1.29, 1.82) is 5.26 Å². The lowest BCUT2D eigenvalue weighted by Crippen LogP contribution is -2.28. The van der Waals surface area contributed by atoms with Crippen LogP contribution in [0.5, 0.6) is 0 Å². The third-order valence-electron chi connectivity index (χ3n) is 4.46. The fourth-order valence-corrected chi connectivity index (χ4v) is 3.81. The van der Waals surface area contributed by atoms with E-state index in [2.05, 4.69) is 28.3 Å². The number of nitriles is 1. The minimum absolute atomic E-state index is 0.0493. The smallest absolute Gasteiger partial charge is 0.230 e. The van der Waals surface area contributed by atoms with Crippen LogP contribution in [-0.2, 0) is 17.8 Å². The van der Waals surface area contributed by atoms with Gasteiger partial charge in [-0.15, -0.1) is 0 Å². The number of amides is 1. The van der Waals surface area contributed by atoms with Crippen LogP contribution in [0.25, 0.3) is 0 Å². The van der Waals surface area contributed by atoms with Gasteiger partial charge in [-0.25, -0.2) is 4.98 Å². The molecule has 5 nitrogen and oxygen atoms in total. The second kappa shape index (κ2) is 8.35. The second-order valence-corrected chi connectivity index (χ2v) is 7.50. The number of thioether (sulfide) groups is 1. The summed E-state index contributed by atoms with van der Waals surface area (Å²) < 4.78 is 0. The fourth-order valence-electron chi connectivity index (χ4n) is 3.03. The van der Waals surface area contributed by atoms with Crippen molar-refractivity contribution < 1.29 is 4.79 Å². The van der Waals surface area contributed by atoms with Gasteiger partial charge in [0.15, 0.2) is 0 Å². The van der Waals surface area contributed by atoms with E-state index in [0.29, 0.717) is 10.6 Å². The molecule has 2 aromatic rings. The van der Waals surface area contributed by atoms with E-state index in [1.807, 2.05) is 43.3 Å². The van der Waals surface area contributed by atoms with Crippen LogP contribution in [-0.4, -0.2) is 35.1 Å². The molecular formula is C20H22N4OS. The van der Waals surface area contributed by atoms with Crippen molar-refractivity contribution in [3.05, 3.63) is 58.8 Å². The topological polar surface area (TPSA) is 69.0 Å². The molecule has 0 aliphatic carbocycles. The number of carbonyl (C=O) groups is 1. The van der Waals surface area contributed by atoms with E-state index in [1.54, 1.807) is 0 Å². The lowest BCUT2D eigenvalue weighted by Gasteiger charge is -2.24. The predicted molar refractivity (Wildman–Crippen MR) is 103 cm³/mol. The van der Waals surface area contributed by atoms with Crippen LogP contribution in [0.1, 0.15) is 35.3 Å². The van der Waals surface area contributed by atoms with Crippen LogP contribution in [0.3, 0.4) is 0 Å². The number of rotatable bonds is 5. The molecule has 0 saturated carbocycles. The third kappa shape index (κ3) is 4.43. The van der Waals surface area contributed by atoms with Gasteiger partial charge in [-0.05, 0) is 31.2 Å². The second-order valence-electron chi connectivity index (χ2n) is 6.54. The van der Waals surface area contributed by atoms with Crippen molar-refractivity contribution >= 4 is 17.7 Å². The van der Waals surface area contributed by atoms with Crippen molar-refractivity contribution in [2.75, 3.05) is 19.3 Å². The highest BCUT2D eigenvalue weighted by Gasteiger charge is 2.19. The van der Waals surface area contributed by atoms with Gasteiger partial charge in [0.1, 0.15) is 11.1 Å². The maximum absolute atomic E-state index is 12.3. The number of nitrogens with one attached hydrogen (secondary N) is 1. The number of likely N-dealkylation sites (N-methyl/N-ethyl adjacent to an activating group) is 1. The maximum atomic E-state index is 12.3. The van der Waals surface area contributed by atoms with E-state index in [9.17, 15) is 10.1 Å². The normalized spacial score (nSPS) is 15.0. The molecule has 6 heteroatoms. The molecule has 1 aromatic carbocycles. The van der Waals surface area contributed by atoms with Crippen molar-refractivity contribution in [2.45, 2.75) is 31.0 Å². The van der Waals surface area contributed by atoms with Gasteiger partial charge in [0.2, 0.25) is 5.91 Å². The Bertz CT molecular complexity index is 832. The summed E-state index contributed by atoms with van der Waals surface area (Å²) >= 11 is 1.33. The largest absolute Gasteiger partial charge is 0.349 e. The lowest BCUT2D eigenvalue weighted by atomic mass is 10.0. The van der Waals surface area contributed by atoms with Crippen LogP contribution in [0.4, 0.5) is 0 Å². The predicted octanol–water partition coefficient (Wildman–Crippen LogP) is 2.91. The quantitative estimate of drug-likeness (QED) is 0.824. The average molecular weight is 366 g/mol. The summed E-state index contributed by atoms with van der Waals surface area (Å²) in [6.45, 7) is 3.74. The number of hydrogen-bond acceptors (Lipinski definition) is 5. The number of aromatic nitrogens is 1. The Balaban J connectivity index is 1.64. The number of carbonyl (C=O) groups excluding carboxylic acids is 1. The molecule has 1 aliphatic heterocycles. The highest BCUT2D eigenvalue weighted by molar-refractivity contribution is 8.00. The zero-order valence-electron chi connectivity index (χ0n) is 15.0. The average Bonchev–Trinajstić information content (AvgIpc) is 2.66. The van der Waals surface area contributed by atoms with Gasteiger partial charge in [-0.2, -0.15) is 5.26 Å². The minimum Gasteiger partial charge on any atom is -0.349 e. The number of fused-ring (bicyclic) bond motifs is 1. The first kappa shape index (κ1) is 18.4. The number of benzene rings is 1. The van der Waals surface area contributed by atoms with Gasteiger partial charge in [0.25, 0.3) is 0 Å². The molecule has 0 unspecified atom stereocenters. The third-order valence-corrected chi connectivity index (χ3v) is 5.46. The van der Waals surface area contributed by atoms with Crippen LogP contribution >= 0.6 is 11.8 Å². The molecule has 0 saturated heterocycles. The first-order valence-corrected chi connectivity index (χ1v) is 9.64. The minimum atomic E-state index is -0.0607. The maximum Gasteiger partial charge on any atom is 0.230 e. The van der Waals surface area contributed by atoms with Crippen molar-refractivity contribution in [3.63, 3.8) is 0 Å². The van der Waals surface area contributed by atoms with Gasteiger partial charge in [-0.1, -0.05) is 42.1 Å². The Morgan fingerprint density at radius 2 is 2.19 bits per heavy atom. The number of hydrogen-bond donors (Lipinski definition) is 1. The van der Waals surface area contributed by atoms with Crippen molar-refractivity contribution in [2.24, 2.45) is 0 Å². The molecule has 0 spiro atoms. The van der Waals surface area contributed by atoms with Gasteiger partial charge in [-0.3, -0.25) is 4.79 Å². The summed E-state index contributed by atoms with van der Waals surface area (Å²) in [6, 6.07) is 14.0. The molecule has 0 fully saturated rings. The van der Waals surface area contributed by atoms with E-state index >= 15 is 0 Å². The molecule has 1 atom stereocenters. The highest BCUT2D eigenvalue weighted by Crippen LogP contribution is 2.26. The molecule has 0 radical (unpaired) electrons. The summed E-state index contributed by atoms with van der Waals surface area (Å²) in [5.74, 6) is 0.187. The van der Waals surface area contributed by atoms with Gasteiger partial charge in [0, 0.05) is 25.2 Å². The Labute approximate surface area is 158 Å². The van der Waals surface area contributed by atoms with Crippen molar-refractivity contribution in [3.8, 4) is 6.07 Å². The molecule has 1 N–H and O–H groups in total. The molecule has 1 aromatic heterocycles. The highest BCUT2D eigenvalue weighted by atomic mass is 32.2. The molecule has 134 valence electrons. The molecule has 26 heavy (non-hydrogen) atoms. The van der Waals surface area contributed by atoms with E-state index in [0.717, 1.165) is 36.3 Å². The Morgan fingerprint density at radius 1 is 1.42 bits per heavy atom. The van der Waals surface area contributed by atoms with Crippen molar-refractivity contribution in [1.82, 2.24) is 15.2 Å². The first-order valence-electron chi connectivity index (χ1n) is 8.65. The summed E-state index contributed by atoms with van der Waals surface area (Å²) in [5.41, 5.74) is 3.78. The molecule has 1 aliphatic rings. The van der Waals surface area contributed by atoms with Crippen LogP contribution in [0.15, 0.2) is 41.4 Å². The molecule has 2 heterocycles. The van der Waals surface area contributed by atoms with Crippen LogP contribution in [0.2, 0.25) is 0 Å². The Morgan fingerprint density at radius 3 is 2.92 bits per heavy atom. The van der Waals surface area contributed by atoms with E-state index in [1.165, 1.54) is 11.8 Å². The standard InChI is InChI=1S/C20H22N4OS/c1-14(15-6-4-3-5-7-15)22-19(25)13-26-20-16(11-21)10-17-12-24(2)9-8-18(17)23-20/h3-7,10,14H,8-9,12-13H2,1-2H3,(H,22,25)/t14-/m0/s1. The monoisotopic (exact) mass is 366 g/mol. The molecule has 0 bridgehead atoms. The van der Waals surface area contributed by atoms with Gasteiger partial charge in [0.05, 0.1) is 17.4 Å². The van der Waals surface area contributed by atoms with E-state index < -0.39 is 0 Å². The molecule has 1 amide bonds. The number of pyridine rings is 1. The summed E-state index contributed by atoms with van der Waals surface area (Å²) in [7, 11) is 2.07. The first-order chi connectivity index (χ1) is 12.6. The van der Waals surface area contributed by atoms with Crippen LogP contribution < -0.4 is 5.32 Å². The number of nitrogens with zero attached hydrogens (tertiary/aromatic N) is 3. The SMILES string of the molecule is C[C@H](NC(=O)CSc1nc2c(cc1C#N)CN(C)CC2)c1ccccc1. The zero-order valence-corrected chi connectivity index (χ0v) is 15.8. The fraction of sp³-hybridized carbons (Fsp3) is 0.350. The molecule has 3 rings (SSSR count). The summed E-state index contributed by atoms with van der Waals surface area (Å²) in [4.78, 5) is 19.2. The Kier molecular flexibility index (Phi) is 5.92. The summed E-state index contributed by atoms with van der Waals surface area (Å²) in [6.07, 6.45) is 0.877. The lowest BCUT2D eigenvalue weighted by molar-refractivity contribution is -0.119. The van der Waals surface area contributed by atoms with E-state index in [4.69, 9.17) is 0 Å². The van der Waals surface area contributed by atoms with Gasteiger partial charge < -0.3 is 10.2 Å². The zero-order chi connectivity index (χ0) is 18.5. The van der Waals surface area contributed by atoms with E-state index in [-0.39, 0.29) is 17.7 Å². The van der Waals surface area contributed by atoms with Gasteiger partial charge >= 0.3 is 0 Å². The Hall–Kier alpha value is -2.36. The summed E-state index contributed by atoms with van der Waals surface area (Å²) in [5, 5.41) is 13.1. The van der Waals surface area contributed by atoms with Crippen LogP contribution in [0, 0.1) is 11.3 Å². The molecular weight excluding hydrogens is 344 g/mol.